The molecule has 1 N–H and O–H groups in total. The molecule has 1 aromatic carbocycles. The number of halogens is 1. The van der Waals surface area contributed by atoms with Gasteiger partial charge >= 0.3 is 5.97 Å². The van der Waals surface area contributed by atoms with Crippen LogP contribution < -0.4 is 0 Å². The lowest BCUT2D eigenvalue weighted by molar-refractivity contribution is 0.0696. The van der Waals surface area contributed by atoms with Crippen LogP contribution in [0.3, 0.4) is 0 Å². The molecule has 1 atom stereocenters. The fraction of sp³-hybridized carbons (Fsp3) is 0.500. The van der Waals surface area contributed by atoms with Gasteiger partial charge < -0.3 is 5.11 Å². The Balaban J connectivity index is 2.50. The van der Waals surface area contributed by atoms with Crippen LogP contribution in [0.15, 0.2) is 21.5 Å². The van der Waals surface area contributed by atoms with Crippen LogP contribution in [0.25, 0.3) is 0 Å². The maximum absolute atomic E-state index is 12.8. The van der Waals surface area contributed by atoms with Crippen LogP contribution >= 0.6 is 15.9 Å². The number of benzene rings is 1. The highest BCUT2D eigenvalue weighted by atomic mass is 79.9. The van der Waals surface area contributed by atoms with Gasteiger partial charge in [0.15, 0.2) is 0 Å². The van der Waals surface area contributed by atoms with E-state index in [-0.39, 0.29) is 16.5 Å². The van der Waals surface area contributed by atoms with Crippen LogP contribution in [-0.2, 0) is 10.0 Å². The summed E-state index contributed by atoms with van der Waals surface area (Å²) in [6, 6.07) is 2.58. The van der Waals surface area contributed by atoms with E-state index in [0.29, 0.717) is 16.0 Å². The zero-order chi connectivity index (χ0) is 15.9. The Morgan fingerprint density at radius 2 is 2.00 bits per heavy atom. The van der Waals surface area contributed by atoms with E-state index in [1.54, 1.807) is 14.0 Å². The quantitative estimate of drug-likeness (QED) is 0.858. The van der Waals surface area contributed by atoms with Crippen LogP contribution in [0.1, 0.15) is 35.7 Å². The molecule has 0 spiro atoms. The highest BCUT2D eigenvalue weighted by Crippen LogP contribution is 2.37. The third kappa shape index (κ3) is 3.14. The number of hydrogen-bond acceptors (Lipinski definition) is 3. The molecule has 5 nitrogen and oxygen atoms in total. The summed E-state index contributed by atoms with van der Waals surface area (Å²) >= 11 is 3.27. The SMILES string of the molecule is Cc1cc(C(=O)O)cc(S(=O)(=O)N(C)C(C)C2CC2)c1Br. The maximum atomic E-state index is 12.8. The van der Waals surface area contributed by atoms with Gasteiger partial charge in [-0.15, -0.1) is 0 Å². The molecule has 0 saturated heterocycles. The lowest BCUT2D eigenvalue weighted by Gasteiger charge is -2.25. The lowest BCUT2D eigenvalue weighted by Crippen LogP contribution is -2.36. The molecule has 0 radical (unpaired) electrons. The molecule has 1 unspecified atom stereocenters. The number of carbonyl (C=O) groups is 1. The van der Waals surface area contributed by atoms with Crippen molar-refractivity contribution < 1.29 is 18.3 Å². The van der Waals surface area contributed by atoms with Crippen molar-refractivity contribution in [1.82, 2.24) is 4.31 Å². The predicted octanol–water partition coefficient (Wildman–Crippen LogP) is 2.87. The van der Waals surface area contributed by atoms with Gasteiger partial charge in [0.2, 0.25) is 10.0 Å². The largest absolute Gasteiger partial charge is 0.478 e. The van der Waals surface area contributed by atoms with Gasteiger partial charge in [0.25, 0.3) is 0 Å². The maximum Gasteiger partial charge on any atom is 0.335 e. The predicted molar refractivity (Wildman–Crippen MR) is 83.0 cm³/mol. The number of nitrogens with zero attached hydrogens (tertiary/aromatic N) is 1. The summed E-state index contributed by atoms with van der Waals surface area (Å²) in [6.45, 7) is 3.57. The smallest absolute Gasteiger partial charge is 0.335 e. The summed E-state index contributed by atoms with van der Waals surface area (Å²) in [4.78, 5) is 11.2. The Morgan fingerprint density at radius 3 is 2.48 bits per heavy atom. The Hall–Kier alpha value is -0.920. The monoisotopic (exact) mass is 375 g/mol. The van der Waals surface area contributed by atoms with Crippen molar-refractivity contribution in [2.45, 2.75) is 37.6 Å². The number of aryl methyl sites for hydroxylation is 1. The first-order valence-electron chi connectivity index (χ1n) is 6.67. The summed E-state index contributed by atoms with van der Waals surface area (Å²) in [6.07, 6.45) is 2.08. The molecule has 1 saturated carbocycles. The van der Waals surface area contributed by atoms with Crippen molar-refractivity contribution in [3.8, 4) is 0 Å². The topological polar surface area (TPSA) is 74.7 Å². The van der Waals surface area contributed by atoms with E-state index in [0.717, 1.165) is 12.8 Å². The third-order valence-electron chi connectivity index (χ3n) is 4.00. The number of sulfonamides is 1. The zero-order valence-corrected chi connectivity index (χ0v) is 14.5. The van der Waals surface area contributed by atoms with E-state index in [1.165, 1.54) is 16.4 Å². The van der Waals surface area contributed by atoms with Crippen molar-refractivity contribution in [3.63, 3.8) is 0 Å². The molecule has 0 amide bonds. The van der Waals surface area contributed by atoms with Crippen molar-refractivity contribution in [2.24, 2.45) is 5.92 Å². The molecule has 1 aliphatic rings. The highest BCUT2D eigenvalue weighted by molar-refractivity contribution is 9.10. The van der Waals surface area contributed by atoms with Crippen molar-refractivity contribution in [2.75, 3.05) is 7.05 Å². The average molecular weight is 376 g/mol. The molecule has 21 heavy (non-hydrogen) atoms. The van der Waals surface area contributed by atoms with Crippen LogP contribution in [0.2, 0.25) is 0 Å². The summed E-state index contributed by atoms with van der Waals surface area (Å²) < 4.78 is 27.3. The van der Waals surface area contributed by atoms with E-state index in [9.17, 15) is 13.2 Å². The minimum atomic E-state index is -3.73. The second-order valence-electron chi connectivity index (χ2n) is 5.51. The molecule has 7 heteroatoms. The summed E-state index contributed by atoms with van der Waals surface area (Å²) in [7, 11) is -2.18. The van der Waals surface area contributed by atoms with Gasteiger partial charge in [-0.2, -0.15) is 4.31 Å². The van der Waals surface area contributed by atoms with Gasteiger partial charge in [-0.3, -0.25) is 0 Å². The summed E-state index contributed by atoms with van der Waals surface area (Å²) in [5.41, 5.74) is 0.558. The van der Waals surface area contributed by atoms with E-state index < -0.39 is 16.0 Å². The number of carboxylic acid groups (broad SMARTS) is 1. The molecular weight excluding hydrogens is 358 g/mol. The average Bonchev–Trinajstić information content (AvgIpc) is 3.23. The fourth-order valence-corrected chi connectivity index (χ4v) is 4.72. The first-order chi connectivity index (χ1) is 9.66. The van der Waals surface area contributed by atoms with Gasteiger partial charge in [0, 0.05) is 17.6 Å². The third-order valence-corrected chi connectivity index (χ3v) is 7.29. The van der Waals surface area contributed by atoms with Crippen molar-refractivity contribution in [1.29, 1.82) is 0 Å². The first-order valence-corrected chi connectivity index (χ1v) is 8.91. The lowest BCUT2D eigenvalue weighted by atomic mass is 10.1. The molecule has 0 aromatic heterocycles. The number of carboxylic acids is 1. The number of hydrogen-bond donors (Lipinski definition) is 1. The van der Waals surface area contributed by atoms with E-state index in [4.69, 9.17) is 5.11 Å². The fourth-order valence-electron chi connectivity index (χ4n) is 2.30. The molecule has 1 aliphatic carbocycles. The second kappa shape index (κ2) is 5.70. The molecule has 1 fully saturated rings. The minimum absolute atomic E-state index is 0.00917. The second-order valence-corrected chi connectivity index (χ2v) is 8.27. The van der Waals surface area contributed by atoms with Gasteiger partial charge in [-0.25, -0.2) is 13.2 Å². The summed E-state index contributed by atoms with van der Waals surface area (Å²) in [5, 5.41) is 9.11. The standard InChI is InChI=1S/C14H18BrNO4S/c1-8-6-11(14(17)18)7-12(13(8)15)21(19,20)16(3)9(2)10-4-5-10/h6-7,9-10H,4-5H2,1-3H3,(H,17,18). The van der Waals surface area contributed by atoms with Gasteiger partial charge in [-0.05, 0) is 66.2 Å². The van der Waals surface area contributed by atoms with Crippen LogP contribution in [-0.4, -0.2) is 36.9 Å². The Kier molecular flexibility index (Phi) is 4.46. The van der Waals surface area contributed by atoms with Crippen LogP contribution in [0, 0.1) is 12.8 Å². The molecule has 0 aliphatic heterocycles. The van der Waals surface area contributed by atoms with Crippen LogP contribution in [0.5, 0.6) is 0 Å². The van der Waals surface area contributed by atoms with E-state index in [1.807, 2.05) is 6.92 Å². The minimum Gasteiger partial charge on any atom is -0.478 e. The van der Waals surface area contributed by atoms with Gasteiger partial charge in [0.1, 0.15) is 0 Å². The van der Waals surface area contributed by atoms with E-state index in [2.05, 4.69) is 15.9 Å². The molecular formula is C14H18BrNO4S. The van der Waals surface area contributed by atoms with Crippen molar-refractivity contribution in [3.05, 3.63) is 27.7 Å². The van der Waals surface area contributed by atoms with Crippen molar-refractivity contribution >= 4 is 31.9 Å². The van der Waals surface area contributed by atoms with E-state index >= 15 is 0 Å². The highest BCUT2D eigenvalue weighted by Gasteiger charge is 2.37. The first kappa shape index (κ1) is 16.5. The van der Waals surface area contributed by atoms with Gasteiger partial charge in [-0.1, -0.05) is 0 Å². The zero-order valence-electron chi connectivity index (χ0n) is 12.1. The molecule has 2 rings (SSSR count). The van der Waals surface area contributed by atoms with Gasteiger partial charge in [0.05, 0.1) is 10.5 Å². The molecule has 116 valence electrons. The Bertz CT molecular complexity index is 682. The Labute approximate surface area is 133 Å². The van der Waals surface area contributed by atoms with Crippen LogP contribution in [0.4, 0.5) is 0 Å². The Morgan fingerprint density at radius 1 is 1.43 bits per heavy atom. The summed E-state index contributed by atoms with van der Waals surface area (Å²) in [5.74, 6) is -0.743. The molecule has 0 heterocycles. The molecule has 0 bridgehead atoms. The molecule has 1 aromatic rings. The normalized spacial score (nSPS) is 17.0. The number of rotatable bonds is 5. The number of aromatic carboxylic acids is 1.